The smallest absolute Gasteiger partial charge is 0.206 e. The van der Waals surface area contributed by atoms with Crippen molar-refractivity contribution in [3.63, 3.8) is 0 Å². The van der Waals surface area contributed by atoms with Crippen LogP contribution in [0.15, 0.2) is 104 Å². The first-order valence-corrected chi connectivity index (χ1v) is 12.2. The van der Waals surface area contributed by atoms with Gasteiger partial charge in [-0.2, -0.15) is 0 Å². The van der Waals surface area contributed by atoms with Crippen molar-refractivity contribution >= 4 is 16.7 Å². The number of nitrogens with one attached hydrogen (secondary N) is 2. The molecule has 3 atom stereocenters. The van der Waals surface area contributed by atoms with Crippen LogP contribution in [0.1, 0.15) is 47.1 Å². The molecule has 35 heavy (non-hydrogen) atoms. The third kappa shape index (κ3) is 4.57. The average Bonchev–Trinajstić information content (AvgIpc) is 3.56. The summed E-state index contributed by atoms with van der Waals surface area (Å²) in [5.74, 6) is 0.260. The Morgan fingerprint density at radius 3 is 2.23 bits per heavy atom. The van der Waals surface area contributed by atoms with Crippen molar-refractivity contribution in [1.29, 1.82) is 0 Å². The van der Waals surface area contributed by atoms with E-state index in [2.05, 4.69) is 89.5 Å². The van der Waals surface area contributed by atoms with Crippen LogP contribution < -0.4 is 0 Å². The van der Waals surface area contributed by atoms with Crippen LogP contribution in [0.2, 0.25) is 0 Å². The predicted octanol–water partition coefficient (Wildman–Crippen LogP) is 6.99. The van der Waals surface area contributed by atoms with Crippen LogP contribution in [0.3, 0.4) is 0 Å². The van der Waals surface area contributed by atoms with Gasteiger partial charge >= 0.3 is 0 Å². The van der Waals surface area contributed by atoms with Gasteiger partial charge in [0, 0.05) is 29.5 Å². The highest BCUT2D eigenvalue weighted by Gasteiger charge is 2.45. The Morgan fingerprint density at radius 2 is 1.54 bits per heavy atom. The fourth-order valence-corrected chi connectivity index (χ4v) is 5.46. The zero-order valence-electron chi connectivity index (χ0n) is 20.2. The molecule has 4 heteroatoms. The molecule has 4 nitrogen and oxygen atoms in total. The van der Waals surface area contributed by atoms with E-state index in [-0.39, 0.29) is 23.0 Å². The van der Waals surface area contributed by atoms with Gasteiger partial charge in [-0.25, -0.2) is 4.98 Å². The van der Waals surface area contributed by atoms with Gasteiger partial charge in [-0.1, -0.05) is 92.7 Å². The molecular weight excluding hydrogens is 430 g/mol. The van der Waals surface area contributed by atoms with Gasteiger partial charge in [-0.3, -0.25) is 4.79 Å². The molecule has 0 amide bonds. The summed E-state index contributed by atoms with van der Waals surface area (Å²) in [5, 5.41) is 1.09. The predicted molar refractivity (Wildman–Crippen MR) is 142 cm³/mol. The number of nitrogens with zero attached hydrogens (tertiary/aromatic N) is 1. The van der Waals surface area contributed by atoms with E-state index in [1.54, 1.807) is 12.4 Å². The van der Waals surface area contributed by atoms with E-state index in [0.29, 0.717) is 5.82 Å². The third-order valence-corrected chi connectivity index (χ3v) is 7.52. The number of benzene rings is 3. The summed E-state index contributed by atoms with van der Waals surface area (Å²) in [4.78, 5) is 25.1. The van der Waals surface area contributed by atoms with Gasteiger partial charge in [0.1, 0.15) is 0 Å². The van der Waals surface area contributed by atoms with Gasteiger partial charge in [0.05, 0.1) is 5.92 Å². The summed E-state index contributed by atoms with van der Waals surface area (Å²) in [5.41, 5.74) is 4.19. The maximum absolute atomic E-state index is 14.2. The molecule has 0 aliphatic carbocycles. The lowest BCUT2D eigenvalue weighted by atomic mass is 9.60. The maximum Gasteiger partial charge on any atom is 0.206 e. The molecule has 176 valence electrons. The summed E-state index contributed by atoms with van der Waals surface area (Å²) in [7, 11) is 0. The molecule has 3 aromatic carbocycles. The highest BCUT2D eigenvalue weighted by Crippen LogP contribution is 2.49. The van der Waals surface area contributed by atoms with Gasteiger partial charge in [-0.15, -0.1) is 0 Å². The summed E-state index contributed by atoms with van der Waals surface area (Å²) in [6.07, 6.45) is 7.06. The van der Waals surface area contributed by atoms with E-state index in [9.17, 15) is 4.79 Å². The van der Waals surface area contributed by atoms with Gasteiger partial charge in [0.2, 0.25) is 5.78 Å². The number of Topliss-reactive ketones (excluding diaryl/α,β-unsaturated/α-hetero) is 1. The molecule has 5 aromatic rings. The van der Waals surface area contributed by atoms with Crippen molar-refractivity contribution in [2.24, 2.45) is 11.3 Å². The minimum absolute atomic E-state index is 0.0260. The van der Waals surface area contributed by atoms with Crippen LogP contribution in [0.4, 0.5) is 0 Å². The minimum Gasteiger partial charge on any atom is -0.361 e. The highest BCUT2D eigenvalue weighted by molar-refractivity contribution is 6.01. The van der Waals surface area contributed by atoms with Crippen molar-refractivity contribution in [1.82, 2.24) is 15.0 Å². The quantitative estimate of drug-likeness (QED) is 0.233. The molecule has 2 aromatic heterocycles. The fraction of sp³-hybridized carbons (Fsp3) is 0.226. The summed E-state index contributed by atoms with van der Waals surface area (Å²) in [6.45, 7) is 4.56. The summed E-state index contributed by atoms with van der Waals surface area (Å²) < 4.78 is 0. The van der Waals surface area contributed by atoms with Crippen LogP contribution in [0.25, 0.3) is 10.9 Å². The molecule has 5 rings (SSSR count). The molecule has 0 spiro atoms. The third-order valence-electron chi connectivity index (χ3n) is 7.52. The number of imidazole rings is 1. The summed E-state index contributed by atoms with van der Waals surface area (Å²) >= 11 is 0. The molecule has 0 radical (unpaired) electrons. The zero-order chi connectivity index (χ0) is 24.3. The molecule has 0 bridgehead atoms. The molecule has 0 fully saturated rings. The molecule has 2 N–H and O–H groups in total. The Balaban J connectivity index is 1.67. The monoisotopic (exact) mass is 461 g/mol. The maximum atomic E-state index is 14.2. The number of hydrogen-bond acceptors (Lipinski definition) is 2. The Labute approximate surface area is 206 Å². The molecule has 2 heterocycles. The number of aromatic nitrogens is 3. The van der Waals surface area contributed by atoms with Gasteiger partial charge in [-0.05, 0) is 46.9 Å². The topological polar surface area (TPSA) is 61.5 Å². The molecule has 0 saturated heterocycles. The average molecular weight is 462 g/mol. The van der Waals surface area contributed by atoms with Crippen molar-refractivity contribution in [3.05, 3.63) is 126 Å². The standard InChI is InChI=1S/C31H31N3O/c1-22(19-23-11-5-3-6-12-23)31(2,20-24-13-7-4-8-14-24)28(29(35)30-32-17-18-33-30)26-21-34-27-16-10-9-15-25(26)27/h3-18,21-22,28,34H,19-20H2,1-2H3,(H,32,33). The van der Waals surface area contributed by atoms with E-state index in [0.717, 1.165) is 29.3 Å². The molecule has 3 unspecified atom stereocenters. The summed E-state index contributed by atoms with van der Waals surface area (Å²) in [6, 6.07) is 29.3. The van der Waals surface area contributed by atoms with Crippen LogP contribution in [-0.2, 0) is 12.8 Å². The molecule has 0 saturated carbocycles. The van der Waals surface area contributed by atoms with Crippen molar-refractivity contribution in [3.8, 4) is 0 Å². The zero-order valence-corrected chi connectivity index (χ0v) is 20.2. The van der Waals surface area contributed by atoms with E-state index in [1.165, 1.54) is 11.1 Å². The van der Waals surface area contributed by atoms with Gasteiger partial charge in [0.25, 0.3) is 0 Å². The number of H-pyrrole nitrogens is 2. The Morgan fingerprint density at radius 1 is 0.886 bits per heavy atom. The first kappa shape index (κ1) is 22.9. The number of fused-ring (bicyclic) bond motifs is 1. The molecular formula is C31H31N3O. The van der Waals surface area contributed by atoms with Crippen molar-refractivity contribution in [2.45, 2.75) is 32.6 Å². The second kappa shape index (κ2) is 9.75. The molecule has 0 aliphatic heterocycles. The highest BCUT2D eigenvalue weighted by atomic mass is 16.1. The SMILES string of the molecule is CC(Cc1ccccc1)C(C)(Cc1ccccc1)C(C(=O)c1ncc[nH]1)c1c[nH]c2ccccc12. The fourth-order valence-electron chi connectivity index (χ4n) is 5.46. The minimum atomic E-state index is -0.385. The Hall–Kier alpha value is -3.92. The first-order chi connectivity index (χ1) is 17.1. The number of ketones is 1. The normalized spacial score (nSPS) is 14.9. The number of para-hydroxylation sites is 1. The lowest BCUT2D eigenvalue weighted by molar-refractivity contribution is 0.0771. The second-order valence-corrected chi connectivity index (χ2v) is 9.78. The van der Waals surface area contributed by atoms with E-state index in [4.69, 9.17) is 0 Å². The van der Waals surface area contributed by atoms with Crippen molar-refractivity contribution < 1.29 is 4.79 Å². The number of rotatable bonds is 9. The lowest BCUT2D eigenvalue weighted by Gasteiger charge is -2.42. The van der Waals surface area contributed by atoms with Gasteiger partial charge in [0.15, 0.2) is 5.82 Å². The van der Waals surface area contributed by atoms with Gasteiger partial charge < -0.3 is 9.97 Å². The van der Waals surface area contributed by atoms with Crippen LogP contribution in [0.5, 0.6) is 0 Å². The lowest BCUT2D eigenvalue weighted by Crippen LogP contribution is -2.40. The second-order valence-electron chi connectivity index (χ2n) is 9.78. The Bertz CT molecular complexity index is 1390. The van der Waals surface area contributed by atoms with Crippen molar-refractivity contribution in [2.75, 3.05) is 0 Å². The number of aromatic amines is 2. The number of carbonyl (C=O) groups excluding carboxylic acids is 1. The number of hydrogen-bond donors (Lipinski definition) is 2. The van der Waals surface area contributed by atoms with Crippen LogP contribution >= 0.6 is 0 Å². The van der Waals surface area contributed by atoms with Crippen LogP contribution in [0, 0.1) is 11.3 Å². The van der Waals surface area contributed by atoms with E-state index < -0.39 is 0 Å². The number of carbonyl (C=O) groups is 1. The van der Waals surface area contributed by atoms with E-state index in [1.807, 2.05) is 30.5 Å². The first-order valence-electron chi connectivity index (χ1n) is 12.2. The van der Waals surface area contributed by atoms with Crippen LogP contribution in [-0.4, -0.2) is 20.7 Å². The molecule has 0 aliphatic rings. The Kier molecular flexibility index (Phi) is 6.37. The van der Waals surface area contributed by atoms with E-state index >= 15 is 0 Å². The largest absolute Gasteiger partial charge is 0.361 e.